The number of hydrogen-bond acceptors (Lipinski definition) is 5. The van der Waals surface area contributed by atoms with E-state index in [0.29, 0.717) is 0 Å². The summed E-state index contributed by atoms with van der Waals surface area (Å²) in [5.41, 5.74) is 0.945. The Bertz CT molecular complexity index is 413. The SMILES string of the molecule is CN(C)c1ccc(OS(=O)(=O)NN)cc1. The van der Waals surface area contributed by atoms with Crippen LogP contribution in [0.15, 0.2) is 24.3 Å². The van der Waals surface area contributed by atoms with E-state index < -0.39 is 10.3 Å². The summed E-state index contributed by atoms with van der Waals surface area (Å²) in [6.07, 6.45) is 0. The number of benzene rings is 1. The first kappa shape index (κ1) is 11.8. The van der Waals surface area contributed by atoms with Crippen LogP contribution >= 0.6 is 0 Å². The van der Waals surface area contributed by atoms with Crippen LogP contribution in [0.4, 0.5) is 5.69 Å². The van der Waals surface area contributed by atoms with Crippen molar-refractivity contribution in [1.82, 2.24) is 4.83 Å². The van der Waals surface area contributed by atoms with Gasteiger partial charge in [-0.3, -0.25) is 5.84 Å². The quantitative estimate of drug-likeness (QED) is 0.555. The molecular weight excluding hydrogens is 218 g/mol. The van der Waals surface area contributed by atoms with E-state index in [4.69, 9.17) is 5.84 Å². The third-order valence-electron chi connectivity index (χ3n) is 1.70. The van der Waals surface area contributed by atoms with E-state index in [2.05, 4.69) is 4.18 Å². The molecule has 0 aliphatic rings. The Morgan fingerprint density at radius 3 is 2.20 bits per heavy atom. The Labute approximate surface area is 88.9 Å². The number of hydrogen-bond donors (Lipinski definition) is 2. The molecule has 0 aliphatic carbocycles. The maximum Gasteiger partial charge on any atom is 0.395 e. The molecule has 0 radical (unpaired) electrons. The third-order valence-corrected chi connectivity index (χ3v) is 2.40. The zero-order chi connectivity index (χ0) is 11.5. The summed E-state index contributed by atoms with van der Waals surface area (Å²) in [6, 6.07) is 6.57. The molecule has 0 fully saturated rings. The predicted molar refractivity (Wildman–Crippen MR) is 57.6 cm³/mol. The average Bonchev–Trinajstić information content (AvgIpc) is 2.18. The zero-order valence-corrected chi connectivity index (χ0v) is 9.28. The molecule has 0 amide bonds. The van der Waals surface area contributed by atoms with Crippen LogP contribution in [0.5, 0.6) is 5.75 Å². The number of nitrogens with one attached hydrogen (secondary N) is 1. The van der Waals surface area contributed by atoms with Crippen molar-refractivity contribution in [3.8, 4) is 5.75 Å². The fourth-order valence-electron chi connectivity index (χ4n) is 0.951. The molecule has 0 saturated heterocycles. The first-order valence-electron chi connectivity index (χ1n) is 4.14. The largest absolute Gasteiger partial charge is 0.395 e. The molecule has 0 heterocycles. The van der Waals surface area contributed by atoms with Gasteiger partial charge in [-0.25, -0.2) is 0 Å². The van der Waals surface area contributed by atoms with Crippen molar-refractivity contribution in [3.63, 3.8) is 0 Å². The molecule has 0 atom stereocenters. The molecule has 0 aliphatic heterocycles. The smallest absolute Gasteiger partial charge is 0.378 e. The molecule has 1 rings (SSSR count). The van der Waals surface area contributed by atoms with E-state index in [1.165, 1.54) is 0 Å². The van der Waals surface area contributed by atoms with Gasteiger partial charge in [0.15, 0.2) is 0 Å². The number of anilines is 1. The topological polar surface area (TPSA) is 84.7 Å². The van der Waals surface area contributed by atoms with Crippen LogP contribution in [0, 0.1) is 0 Å². The number of rotatable bonds is 4. The van der Waals surface area contributed by atoms with Crippen LogP contribution < -0.4 is 19.8 Å². The molecule has 1 aromatic rings. The highest BCUT2D eigenvalue weighted by atomic mass is 32.2. The lowest BCUT2D eigenvalue weighted by molar-refractivity contribution is 0.473. The summed E-state index contributed by atoms with van der Waals surface area (Å²) in [5, 5.41) is 0. The molecule has 0 aromatic heterocycles. The van der Waals surface area contributed by atoms with E-state index in [0.717, 1.165) is 5.69 Å². The Hall–Kier alpha value is -1.31. The predicted octanol–water partition coefficient (Wildman–Crippen LogP) is -0.160. The van der Waals surface area contributed by atoms with Gasteiger partial charge in [0.2, 0.25) is 0 Å². The van der Waals surface area contributed by atoms with Crippen LogP contribution in [0.1, 0.15) is 0 Å². The van der Waals surface area contributed by atoms with E-state index >= 15 is 0 Å². The van der Waals surface area contributed by atoms with E-state index in [1.807, 2.05) is 19.0 Å². The third kappa shape index (κ3) is 3.39. The first-order valence-corrected chi connectivity index (χ1v) is 5.54. The normalized spacial score (nSPS) is 11.1. The van der Waals surface area contributed by atoms with Gasteiger partial charge in [0.1, 0.15) is 5.75 Å². The van der Waals surface area contributed by atoms with Crippen molar-refractivity contribution in [3.05, 3.63) is 24.3 Å². The molecule has 0 bridgehead atoms. The van der Waals surface area contributed by atoms with Gasteiger partial charge in [-0.15, -0.1) is 4.83 Å². The van der Waals surface area contributed by atoms with E-state index in [-0.39, 0.29) is 5.75 Å². The van der Waals surface area contributed by atoms with Gasteiger partial charge in [0.05, 0.1) is 0 Å². The van der Waals surface area contributed by atoms with Crippen LogP contribution in [0.3, 0.4) is 0 Å². The van der Waals surface area contributed by atoms with Crippen molar-refractivity contribution in [2.45, 2.75) is 0 Å². The van der Waals surface area contributed by atoms with Gasteiger partial charge in [-0.05, 0) is 24.3 Å². The second-order valence-corrected chi connectivity index (χ2v) is 4.35. The Kier molecular flexibility index (Phi) is 3.51. The number of hydrazine groups is 1. The van der Waals surface area contributed by atoms with Crippen molar-refractivity contribution in [2.24, 2.45) is 5.84 Å². The average molecular weight is 231 g/mol. The maximum absolute atomic E-state index is 10.9. The zero-order valence-electron chi connectivity index (χ0n) is 8.47. The fraction of sp³-hybridized carbons (Fsp3) is 0.250. The van der Waals surface area contributed by atoms with Crippen molar-refractivity contribution in [1.29, 1.82) is 0 Å². The van der Waals surface area contributed by atoms with Crippen molar-refractivity contribution < 1.29 is 12.6 Å². The van der Waals surface area contributed by atoms with Crippen LogP contribution in [0.2, 0.25) is 0 Å². The minimum Gasteiger partial charge on any atom is -0.378 e. The standard InChI is InChI=1S/C8H13N3O3S/c1-11(2)7-3-5-8(6-4-7)14-15(12,13)10-9/h3-6,10H,9H2,1-2H3. The lowest BCUT2D eigenvalue weighted by atomic mass is 10.3. The highest BCUT2D eigenvalue weighted by Crippen LogP contribution is 2.18. The monoisotopic (exact) mass is 231 g/mol. The van der Waals surface area contributed by atoms with Gasteiger partial charge in [-0.2, -0.15) is 8.42 Å². The van der Waals surface area contributed by atoms with Crippen LogP contribution in [-0.2, 0) is 10.3 Å². The summed E-state index contributed by atoms with van der Waals surface area (Å²) in [5.74, 6) is 4.97. The summed E-state index contributed by atoms with van der Waals surface area (Å²) < 4.78 is 26.4. The first-order chi connectivity index (χ1) is 6.94. The molecule has 1 aromatic carbocycles. The Morgan fingerprint density at radius 2 is 1.80 bits per heavy atom. The summed E-state index contributed by atoms with van der Waals surface area (Å²) in [6.45, 7) is 0. The number of nitrogens with two attached hydrogens (primary N) is 1. The minimum absolute atomic E-state index is 0.207. The number of nitrogens with zero attached hydrogens (tertiary/aromatic N) is 1. The molecule has 0 unspecified atom stereocenters. The van der Waals surface area contributed by atoms with Crippen LogP contribution in [0.25, 0.3) is 0 Å². The highest BCUT2D eigenvalue weighted by Gasteiger charge is 2.08. The van der Waals surface area contributed by atoms with Crippen molar-refractivity contribution in [2.75, 3.05) is 19.0 Å². The van der Waals surface area contributed by atoms with Gasteiger partial charge in [0, 0.05) is 19.8 Å². The molecule has 3 N–H and O–H groups in total. The Morgan fingerprint density at radius 1 is 1.27 bits per heavy atom. The molecule has 15 heavy (non-hydrogen) atoms. The van der Waals surface area contributed by atoms with Crippen molar-refractivity contribution >= 4 is 16.0 Å². The summed E-state index contributed by atoms with van der Waals surface area (Å²) in [4.78, 5) is 3.46. The Balaban J connectivity index is 2.82. The fourth-order valence-corrected chi connectivity index (χ4v) is 1.36. The van der Waals surface area contributed by atoms with Gasteiger partial charge < -0.3 is 9.08 Å². The lowest BCUT2D eigenvalue weighted by Crippen LogP contribution is -2.33. The molecule has 0 spiro atoms. The second-order valence-electron chi connectivity index (χ2n) is 3.04. The lowest BCUT2D eigenvalue weighted by Gasteiger charge is -2.12. The molecule has 6 nitrogen and oxygen atoms in total. The second kappa shape index (κ2) is 4.47. The highest BCUT2D eigenvalue weighted by molar-refractivity contribution is 7.85. The minimum atomic E-state index is -3.89. The van der Waals surface area contributed by atoms with Gasteiger partial charge in [-0.1, -0.05) is 0 Å². The van der Waals surface area contributed by atoms with E-state index in [9.17, 15) is 8.42 Å². The molecular formula is C8H13N3O3S. The summed E-state index contributed by atoms with van der Waals surface area (Å²) in [7, 11) is -0.126. The van der Waals surface area contributed by atoms with E-state index in [1.54, 1.807) is 29.1 Å². The van der Waals surface area contributed by atoms with Crippen LogP contribution in [-0.4, -0.2) is 22.5 Å². The maximum atomic E-state index is 10.9. The van der Waals surface area contributed by atoms with Gasteiger partial charge in [0.25, 0.3) is 0 Å². The van der Waals surface area contributed by atoms with Gasteiger partial charge >= 0.3 is 10.3 Å². The molecule has 0 saturated carbocycles. The summed E-state index contributed by atoms with van der Waals surface area (Å²) >= 11 is 0. The molecule has 7 heteroatoms. The molecule has 84 valence electrons.